The molecule has 0 radical (unpaired) electrons. The van der Waals surface area contributed by atoms with Crippen molar-refractivity contribution in [2.45, 2.75) is 25.8 Å². The fourth-order valence-corrected chi connectivity index (χ4v) is 4.13. The number of hydrogen-bond donors (Lipinski definition) is 0. The molecule has 6 heteroatoms. The lowest BCUT2D eigenvalue weighted by Crippen LogP contribution is -2.41. The van der Waals surface area contributed by atoms with Crippen molar-refractivity contribution in [2.24, 2.45) is 5.92 Å². The molecule has 1 aromatic carbocycles. The SMILES string of the molecule is COC(=O)c1ccc(-c2ccco2)n1CC(=O)N1CCC(Cc2ccccc2)CC1. The average molecular weight is 406 g/mol. The van der Waals surface area contributed by atoms with Crippen LogP contribution in [0, 0.1) is 5.92 Å². The number of aromatic nitrogens is 1. The third kappa shape index (κ3) is 4.32. The molecule has 2 aromatic heterocycles. The fraction of sp³-hybridized carbons (Fsp3) is 0.333. The minimum atomic E-state index is -0.470. The van der Waals surface area contributed by atoms with E-state index in [4.69, 9.17) is 9.15 Å². The molecule has 1 amide bonds. The Balaban J connectivity index is 1.43. The zero-order valence-electron chi connectivity index (χ0n) is 17.1. The Bertz CT molecular complexity index is 984. The van der Waals surface area contributed by atoms with Crippen LogP contribution in [0.15, 0.2) is 65.3 Å². The summed E-state index contributed by atoms with van der Waals surface area (Å²) in [7, 11) is 1.34. The standard InChI is InChI=1S/C24H26N2O4/c1-29-24(28)21-10-9-20(22-8-5-15-30-22)26(21)17-23(27)25-13-11-19(12-14-25)16-18-6-3-2-4-7-18/h2-10,15,19H,11-14,16-17H2,1H3. The first-order valence-corrected chi connectivity index (χ1v) is 10.3. The number of nitrogens with zero attached hydrogens (tertiary/aromatic N) is 2. The van der Waals surface area contributed by atoms with Gasteiger partial charge in [0, 0.05) is 13.1 Å². The first kappa shape index (κ1) is 20.0. The van der Waals surface area contributed by atoms with Crippen molar-refractivity contribution in [1.29, 1.82) is 0 Å². The summed E-state index contributed by atoms with van der Waals surface area (Å²) in [6.07, 6.45) is 4.60. The van der Waals surface area contributed by atoms with Crippen LogP contribution in [0.3, 0.4) is 0 Å². The van der Waals surface area contributed by atoms with E-state index < -0.39 is 5.97 Å². The van der Waals surface area contributed by atoms with E-state index in [0.29, 0.717) is 23.1 Å². The summed E-state index contributed by atoms with van der Waals surface area (Å²) in [4.78, 5) is 27.1. The van der Waals surface area contributed by atoms with Crippen LogP contribution in [0.25, 0.3) is 11.5 Å². The predicted molar refractivity (Wildman–Crippen MR) is 113 cm³/mol. The lowest BCUT2D eigenvalue weighted by molar-refractivity contribution is -0.133. The molecule has 3 aromatic rings. The molecule has 1 aliphatic rings. The number of benzene rings is 1. The lowest BCUT2D eigenvalue weighted by atomic mass is 9.90. The van der Waals surface area contributed by atoms with Gasteiger partial charge in [-0.1, -0.05) is 30.3 Å². The fourth-order valence-electron chi connectivity index (χ4n) is 4.13. The molecule has 4 rings (SSSR count). The molecule has 156 valence electrons. The van der Waals surface area contributed by atoms with Crippen molar-refractivity contribution in [2.75, 3.05) is 20.2 Å². The average Bonchev–Trinajstić information content (AvgIpc) is 3.44. The van der Waals surface area contributed by atoms with Crippen molar-refractivity contribution in [3.05, 3.63) is 72.1 Å². The maximum atomic E-state index is 13.0. The summed E-state index contributed by atoms with van der Waals surface area (Å²) in [6, 6.07) is 17.5. The summed E-state index contributed by atoms with van der Waals surface area (Å²) in [5, 5.41) is 0. The van der Waals surface area contributed by atoms with Crippen LogP contribution in [0.5, 0.6) is 0 Å². The quantitative estimate of drug-likeness (QED) is 0.580. The maximum Gasteiger partial charge on any atom is 0.354 e. The highest BCUT2D eigenvalue weighted by atomic mass is 16.5. The first-order chi connectivity index (χ1) is 14.7. The monoisotopic (exact) mass is 406 g/mol. The Kier molecular flexibility index (Phi) is 6.02. The minimum Gasteiger partial charge on any atom is -0.464 e. The van der Waals surface area contributed by atoms with Crippen LogP contribution >= 0.6 is 0 Å². The Morgan fingerprint density at radius 3 is 2.47 bits per heavy atom. The van der Waals surface area contributed by atoms with Crippen LogP contribution in [-0.2, 0) is 22.5 Å². The van der Waals surface area contributed by atoms with Gasteiger partial charge in [0.15, 0.2) is 0 Å². The van der Waals surface area contributed by atoms with Crippen LogP contribution in [0.1, 0.15) is 28.9 Å². The molecule has 0 aliphatic carbocycles. The molecule has 1 saturated heterocycles. The van der Waals surface area contributed by atoms with E-state index in [1.807, 2.05) is 17.0 Å². The van der Waals surface area contributed by atoms with Gasteiger partial charge >= 0.3 is 5.97 Å². The number of methoxy groups -OCH3 is 1. The number of hydrogen-bond acceptors (Lipinski definition) is 4. The number of likely N-dealkylation sites (tertiary alicyclic amines) is 1. The minimum absolute atomic E-state index is 0.00215. The molecule has 0 bridgehead atoms. The number of esters is 1. The summed E-state index contributed by atoms with van der Waals surface area (Å²) in [5.41, 5.74) is 2.38. The molecule has 0 atom stereocenters. The van der Waals surface area contributed by atoms with Gasteiger partial charge in [-0.2, -0.15) is 0 Å². The summed E-state index contributed by atoms with van der Waals surface area (Å²) < 4.78 is 12.1. The Labute approximate surface area is 176 Å². The van der Waals surface area contributed by atoms with Gasteiger partial charge in [0.05, 0.1) is 19.1 Å². The van der Waals surface area contributed by atoms with Crippen molar-refractivity contribution in [3.63, 3.8) is 0 Å². The smallest absolute Gasteiger partial charge is 0.354 e. The highest BCUT2D eigenvalue weighted by Gasteiger charge is 2.26. The van der Waals surface area contributed by atoms with Crippen LogP contribution in [0.4, 0.5) is 0 Å². The summed E-state index contributed by atoms with van der Waals surface area (Å²) in [5.74, 6) is 0.733. The van der Waals surface area contributed by atoms with Crippen molar-refractivity contribution < 1.29 is 18.7 Å². The molecule has 0 N–H and O–H groups in total. The van der Waals surface area contributed by atoms with Gasteiger partial charge in [-0.25, -0.2) is 4.79 Å². The third-order valence-electron chi connectivity index (χ3n) is 5.78. The largest absolute Gasteiger partial charge is 0.464 e. The number of carbonyl (C=O) groups is 2. The normalized spacial score (nSPS) is 14.6. The van der Waals surface area contributed by atoms with Gasteiger partial charge in [-0.15, -0.1) is 0 Å². The number of ether oxygens (including phenoxy) is 1. The summed E-state index contributed by atoms with van der Waals surface area (Å²) >= 11 is 0. The molecule has 3 heterocycles. The lowest BCUT2D eigenvalue weighted by Gasteiger charge is -2.32. The van der Waals surface area contributed by atoms with E-state index in [9.17, 15) is 9.59 Å². The second kappa shape index (κ2) is 9.03. The third-order valence-corrected chi connectivity index (χ3v) is 5.78. The van der Waals surface area contributed by atoms with Gasteiger partial charge in [0.25, 0.3) is 0 Å². The first-order valence-electron chi connectivity index (χ1n) is 10.3. The zero-order chi connectivity index (χ0) is 20.9. The molecule has 1 fully saturated rings. The molecule has 1 aliphatic heterocycles. The number of piperidine rings is 1. The van der Waals surface area contributed by atoms with Gasteiger partial charge in [-0.05, 0) is 55.0 Å². The molecule has 0 saturated carbocycles. The van der Waals surface area contributed by atoms with Crippen molar-refractivity contribution in [1.82, 2.24) is 9.47 Å². The van der Waals surface area contributed by atoms with Crippen LogP contribution < -0.4 is 0 Å². The van der Waals surface area contributed by atoms with E-state index in [2.05, 4.69) is 24.3 Å². The van der Waals surface area contributed by atoms with Crippen molar-refractivity contribution in [3.8, 4) is 11.5 Å². The van der Waals surface area contributed by atoms with E-state index in [1.54, 1.807) is 29.0 Å². The number of rotatable bonds is 6. The topological polar surface area (TPSA) is 64.7 Å². The van der Waals surface area contributed by atoms with E-state index in [0.717, 1.165) is 32.4 Å². The molecule has 6 nitrogen and oxygen atoms in total. The summed E-state index contributed by atoms with van der Waals surface area (Å²) in [6.45, 7) is 1.55. The Morgan fingerprint density at radius 2 is 1.80 bits per heavy atom. The van der Waals surface area contributed by atoms with Gasteiger partial charge in [0.1, 0.15) is 18.0 Å². The number of amides is 1. The van der Waals surface area contributed by atoms with E-state index >= 15 is 0 Å². The Morgan fingerprint density at radius 1 is 1.03 bits per heavy atom. The van der Waals surface area contributed by atoms with Crippen LogP contribution in [0.2, 0.25) is 0 Å². The van der Waals surface area contributed by atoms with Gasteiger partial charge in [-0.3, -0.25) is 4.79 Å². The Hall–Kier alpha value is -3.28. The number of carbonyl (C=O) groups excluding carboxylic acids is 2. The van der Waals surface area contributed by atoms with Crippen LogP contribution in [-0.4, -0.2) is 41.5 Å². The molecule has 0 spiro atoms. The second-order valence-electron chi connectivity index (χ2n) is 7.67. The predicted octanol–water partition coefficient (Wildman–Crippen LogP) is 4.02. The van der Waals surface area contributed by atoms with E-state index in [-0.39, 0.29) is 12.5 Å². The van der Waals surface area contributed by atoms with Gasteiger partial charge in [0.2, 0.25) is 5.91 Å². The van der Waals surface area contributed by atoms with E-state index in [1.165, 1.54) is 12.7 Å². The van der Waals surface area contributed by atoms with Gasteiger partial charge < -0.3 is 18.6 Å². The molecular formula is C24H26N2O4. The molecule has 0 unspecified atom stereocenters. The number of furan rings is 1. The van der Waals surface area contributed by atoms with Crippen molar-refractivity contribution >= 4 is 11.9 Å². The highest BCUT2D eigenvalue weighted by molar-refractivity contribution is 5.90. The molecular weight excluding hydrogens is 380 g/mol. The second-order valence-corrected chi connectivity index (χ2v) is 7.67. The highest BCUT2D eigenvalue weighted by Crippen LogP contribution is 2.25. The maximum absolute atomic E-state index is 13.0. The molecule has 30 heavy (non-hydrogen) atoms. The zero-order valence-corrected chi connectivity index (χ0v) is 17.1.